The summed E-state index contributed by atoms with van der Waals surface area (Å²) >= 11 is 0. The maximum atomic E-state index is 13.2. The van der Waals surface area contributed by atoms with Gasteiger partial charge in [-0.1, -0.05) is 12.1 Å². The molecule has 1 aliphatic heterocycles. The van der Waals surface area contributed by atoms with Gasteiger partial charge in [0.15, 0.2) is 5.96 Å². The summed E-state index contributed by atoms with van der Waals surface area (Å²) < 4.78 is 24.3. The molecular formula is C19H30FN3O2. The average molecular weight is 351 g/mol. The lowest BCUT2D eigenvalue weighted by atomic mass is 10.1. The first-order valence-corrected chi connectivity index (χ1v) is 9.24. The van der Waals surface area contributed by atoms with Crippen LogP contribution in [0.15, 0.2) is 29.3 Å². The van der Waals surface area contributed by atoms with E-state index in [-0.39, 0.29) is 11.9 Å². The highest BCUT2D eigenvalue weighted by molar-refractivity contribution is 5.79. The second-order valence-corrected chi connectivity index (χ2v) is 6.13. The van der Waals surface area contributed by atoms with E-state index in [0.717, 1.165) is 50.4 Å². The molecule has 0 saturated carbocycles. The van der Waals surface area contributed by atoms with E-state index in [2.05, 4.69) is 15.6 Å². The lowest BCUT2D eigenvalue weighted by Crippen LogP contribution is -2.38. The Morgan fingerprint density at radius 2 is 2.32 bits per heavy atom. The molecule has 2 N–H and O–H groups in total. The highest BCUT2D eigenvalue weighted by Gasteiger charge is 2.14. The Hall–Kier alpha value is -1.66. The molecule has 1 aliphatic rings. The number of nitrogens with one attached hydrogen (secondary N) is 2. The maximum absolute atomic E-state index is 13.2. The second-order valence-electron chi connectivity index (χ2n) is 6.13. The van der Waals surface area contributed by atoms with Crippen LogP contribution in [0.5, 0.6) is 0 Å². The predicted molar refractivity (Wildman–Crippen MR) is 98.5 cm³/mol. The Morgan fingerprint density at radius 1 is 1.40 bits per heavy atom. The summed E-state index contributed by atoms with van der Waals surface area (Å²) in [4.78, 5) is 4.54. The van der Waals surface area contributed by atoms with E-state index >= 15 is 0 Å². The van der Waals surface area contributed by atoms with Crippen molar-refractivity contribution in [3.05, 3.63) is 35.6 Å². The van der Waals surface area contributed by atoms with Crippen molar-refractivity contribution in [1.29, 1.82) is 0 Å². The van der Waals surface area contributed by atoms with Crippen LogP contribution in [-0.2, 0) is 15.9 Å². The molecule has 0 amide bonds. The van der Waals surface area contributed by atoms with Gasteiger partial charge < -0.3 is 20.1 Å². The molecule has 1 heterocycles. The fraction of sp³-hybridized carbons (Fsp3) is 0.632. The third-order valence-corrected chi connectivity index (χ3v) is 3.98. The first-order chi connectivity index (χ1) is 12.3. The van der Waals surface area contributed by atoms with Crippen molar-refractivity contribution >= 4 is 5.96 Å². The molecule has 0 radical (unpaired) electrons. The van der Waals surface area contributed by atoms with Gasteiger partial charge in [-0.05, 0) is 50.3 Å². The summed E-state index contributed by atoms with van der Waals surface area (Å²) in [5, 5.41) is 6.50. The monoisotopic (exact) mass is 351 g/mol. The molecule has 1 saturated heterocycles. The Labute approximate surface area is 150 Å². The number of guanidine groups is 1. The number of halogens is 1. The van der Waals surface area contributed by atoms with Crippen LogP contribution in [0.2, 0.25) is 0 Å². The largest absolute Gasteiger partial charge is 0.379 e. The SMILES string of the molecule is CCNC(=NCCCOCC1CCCO1)NCCc1cccc(F)c1. The molecule has 1 aromatic rings. The minimum atomic E-state index is -0.193. The zero-order valence-corrected chi connectivity index (χ0v) is 15.1. The van der Waals surface area contributed by atoms with Gasteiger partial charge in [-0.15, -0.1) is 0 Å². The van der Waals surface area contributed by atoms with E-state index in [1.54, 1.807) is 12.1 Å². The average Bonchev–Trinajstić information content (AvgIpc) is 3.11. The highest BCUT2D eigenvalue weighted by atomic mass is 19.1. The van der Waals surface area contributed by atoms with Crippen molar-refractivity contribution in [2.24, 2.45) is 4.99 Å². The zero-order chi connectivity index (χ0) is 17.7. The van der Waals surface area contributed by atoms with Crippen molar-refractivity contribution < 1.29 is 13.9 Å². The topological polar surface area (TPSA) is 54.9 Å². The van der Waals surface area contributed by atoms with Crippen LogP contribution in [-0.4, -0.2) is 51.5 Å². The van der Waals surface area contributed by atoms with E-state index in [1.807, 2.05) is 13.0 Å². The molecule has 0 bridgehead atoms. The van der Waals surface area contributed by atoms with Gasteiger partial charge in [0.25, 0.3) is 0 Å². The van der Waals surface area contributed by atoms with E-state index in [4.69, 9.17) is 9.47 Å². The van der Waals surface area contributed by atoms with Gasteiger partial charge in [-0.3, -0.25) is 4.99 Å². The summed E-state index contributed by atoms with van der Waals surface area (Å²) in [5.74, 6) is 0.596. The summed E-state index contributed by atoms with van der Waals surface area (Å²) in [6.07, 6.45) is 4.18. The van der Waals surface area contributed by atoms with Gasteiger partial charge in [0.05, 0.1) is 12.7 Å². The molecule has 0 spiro atoms. The highest BCUT2D eigenvalue weighted by Crippen LogP contribution is 2.11. The van der Waals surface area contributed by atoms with E-state index in [9.17, 15) is 4.39 Å². The van der Waals surface area contributed by atoms with Gasteiger partial charge in [-0.25, -0.2) is 4.39 Å². The van der Waals surface area contributed by atoms with E-state index < -0.39 is 0 Å². The molecule has 140 valence electrons. The molecular weight excluding hydrogens is 321 g/mol. The normalized spacial score (nSPS) is 17.7. The van der Waals surface area contributed by atoms with Crippen LogP contribution in [0.4, 0.5) is 4.39 Å². The summed E-state index contributed by atoms with van der Waals surface area (Å²) in [6.45, 7) is 6.52. The minimum Gasteiger partial charge on any atom is -0.379 e. The molecule has 2 rings (SSSR count). The fourth-order valence-electron chi connectivity index (χ4n) is 2.71. The third kappa shape index (κ3) is 8.31. The molecule has 1 unspecified atom stereocenters. The molecule has 5 nitrogen and oxygen atoms in total. The zero-order valence-electron chi connectivity index (χ0n) is 15.1. The van der Waals surface area contributed by atoms with Gasteiger partial charge >= 0.3 is 0 Å². The molecule has 1 fully saturated rings. The van der Waals surface area contributed by atoms with Crippen LogP contribution in [0.25, 0.3) is 0 Å². The van der Waals surface area contributed by atoms with Crippen molar-refractivity contribution in [2.45, 2.75) is 38.7 Å². The lowest BCUT2D eigenvalue weighted by molar-refractivity contribution is 0.0171. The standard InChI is InChI=1S/C19H30FN3O2/c1-2-21-19(23-11-9-16-6-3-7-17(20)14-16)22-10-5-12-24-15-18-8-4-13-25-18/h3,6-7,14,18H,2,4-5,8-13,15H2,1H3,(H2,21,22,23). The third-order valence-electron chi connectivity index (χ3n) is 3.98. The van der Waals surface area contributed by atoms with Crippen LogP contribution >= 0.6 is 0 Å². The summed E-state index contributed by atoms with van der Waals surface area (Å²) in [7, 11) is 0. The van der Waals surface area contributed by atoms with Crippen LogP contribution in [0.1, 0.15) is 31.7 Å². The maximum Gasteiger partial charge on any atom is 0.191 e. The number of nitrogens with zero attached hydrogens (tertiary/aromatic N) is 1. The minimum absolute atomic E-state index is 0.193. The van der Waals surface area contributed by atoms with Gasteiger partial charge in [0, 0.05) is 32.8 Å². The fourth-order valence-corrected chi connectivity index (χ4v) is 2.71. The number of ether oxygens (including phenoxy) is 2. The van der Waals surface area contributed by atoms with Crippen molar-refractivity contribution in [2.75, 3.05) is 39.5 Å². The van der Waals surface area contributed by atoms with Crippen molar-refractivity contribution in [3.63, 3.8) is 0 Å². The van der Waals surface area contributed by atoms with Crippen LogP contribution in [0.3, 0.4) is 0 Å². The Bertz CT molecular complexity index is 519. The van der Waals surface area contributed by atoms with Crippen molar-refractivity contribution in [3.8, 4) is 0 Å². The Balaban J connectivity index is 1.60. The molecule has 1 aromatic carbocycles. The van der Waals surface area contributed by atoms with Crippen molar-refractivity contribution in [1.82, 2.24) is 10.6 Å². The number of benzene rings is 1. The Morgan fingerprint density at radius 3 is 3.08 bits per heavy atom. The number of aliphatic imine (C=N–C) groups is 1. The number of rotatable bonds is 10. The smallest absolute Gasteiger partial charge is 0.191 e. The molecule has 0 aliphatic carbocycles. The first-order valence-electron chi connectivity index (χ1n) is 9.24. The predicted octanol–water partition coefficient (Wildman–Crippen LogP) is 2.51. The number of hydrogen-bond donors (Lipinski definition) is 2. The molecule has 1 atom stereocenters. The van der Waals surface area contributed by atoms with E-state index in [1.165, 1.54) is 6.07 Å². The molecule has 6 heteroatoms. The Kier molecular flexibility index (Phi) is 9.29. The van der Waals surface area contributed by atoms with E-state index in [0.29, 0.717) is 26.3 Å². The summed E-state index contributed by atoms with van der Waals surface area (Å²) in [6, 6.07) is 6.70. The quantitative estimate of drug-likeness (QED) is 0.386. The second kappa shape index (κ2) is 11.8. The van der Waals surface area contributed by atoms with Crippen LogP contribution in [0, 0.1) is 5.82 Å². The molecule has 25 heavy (non-hydrogen) atoms. The van der Waals surface area contributed by atoms with Gasteiger partial charge in [0.1, 0.15) is 5.82 Å². The summed E-state index contributed by atoms with van der Waals surface area (Å²) in [5.41, 5.74) is 0.978. The van der Waals surface area contributed by atoms with Gasteiger partial charge in [0.2, 0.25) is 0 Å². The van der Waals surface area contributed by atoms with Gasteiger partial charge in [-0.2, -0.15) is 0 Å². The number of hydrogen-bond acceptors (Lipinski definition) is 3. The van der Waals surface area contributed by atoms with Crippen LogP contribution < -0.4 is 10.6 Å². The molecule has 0 aromatic heterocycles. The first kappa shape index (κ1) is 19.7. The lowest BCUT2D eigenvalue weighted by Gasteiger charge is -2.12.